The number of aryl methyl sites for hydroxylation is 1. The zero-order valence-corrected chi connectivity index (χ0v) is 17.3. The lowest BCUT2D eigenvalue weighted by Gasteiger charge is -2.34. The summed E-state index contributed by atoms with van der Waals surface area (Å²) in [5, 5.41) is 11.8. The second kappa shape index (κ2) is 8.97. The zero-order valence-electron chi connectivity index (χ0n) is 16.5. The Morgan fingerprint density at radius 2 is 1.83 bits per heavy atom. The molecule has 1 saturated heterocycles. The highest BCUT2D eigenvalue weighted by Crippen LogP contribution is 2.23. The maximum absolute atomic E-state index is 12.7. The molecule has 0 radical (unpaired) electrons. The van der Waals surface area contributed by atoms with Crippen molar-refractivity contribution in [2.45, 2.75) is 13.0 Å². The summed E-state index contributed by atoms with van der Waals surface area (Å²) in [4.78, 5) is 29.5. The first kappa shape index (κ1) is 19.9. The molecule has 0 spiro atoms. The molecule has 0 N–H and O–H groups in total. The summed E-state index contributed by atoms with van der Waals surface area (Å²) in [6.45, 7) is 2.78. The first-order chi connectivity index (χ1) is 14.7. The van der Waals surface area contributed by atoms with Crippen LogP contribution >= 0.6 is 11.3 Å². The number of hydrogen-bond donors (Lipinski definition) is 0. The van der Waals surface area contributed by atoms with Crippen LogP contribution in [0.4, 0.5) is 0 Å². The number of benzene rings is 1. The molecule has 6 nitrogen and oxygen atoms in total. The topological polar surface area (TPSA) is 69.3 Å². The summed E-state index contributed by atoms with van der Waals surface area (Å²) >= 11 is 1.44. The molecular formula is C23H22N4O2S. The van der Waals surface area contributed by atoms with Crippen LogP contribution in [-0.2, 0) is 11.3 Å². The molecule has 30 heavy (non-hydrogen) atoms. The van der Waals surface area contributed by atoms with Crippen LogP contribution < -0.4 is 0 Å². The second-order valence-corrected chi connectivity index (χ2v) is 8.08. The minimum Gasteiger partial charge on any atom is -0.346 e. The summed E-state index contributed by atoms with van der Waals surface area (Å²) in [5.41, 5.74) is 2.02. The van der Waals surface area contributed by atoms with Gasteiger partial charge in [0.05, 0.1) is 17.4 Å². The predicted octanol–water partition coefficient (Wildman–Crippen LogP) is 3.61. The van der Waals surface area contributed by atoms with Crippen molar-refractivity contribution in [3.63, 3.8) is 0 Å². The van der Waals surface area contributed by atoms with Gasteiger partial charge in [-0.3, -0.25) is 9.59 Å². The minimum absolute atomic E-state index is 0.0396. The number of rotatable bonds is 5. The van der Waals surface area contributed by atoms with Crippen molar-refractivity contribution in [1.82, 2.24) is 14.4 Å². The fraction of sp³-hybridized carbons (Fsp3) is 0.261. The molecular weight excluding hydrogens is 396 g/mol. The van der Waals surface area contributed by atoms with Crippen molar-refractivity contribution < 1.29 is 9.59 Å². The minimum atomic E-state index is -0.0490. The van der Waals surface area contributed by atoms with Gasteiger partial charge < -0.3 is 14.4 Å². The number of carbonyl (C=O) groups is 2. The molecule has 0 bridgehead atoms. The van der Waals surface area contributed by atoms with E-state index in [1.807, 2.05) is 59.0 Å². The molecule has 0 unspecified atom stereocenters. The van der Waals surface area contributed by atoms with Crippen molar-refractivity contribution >= 4 is 40.1 Å². The normalized spacial score (nSPS) is 14.4. The number of amides is 2. The highest BCUT2D eigenvalue weighted by molar-refractivity contribution is 7.12. The molecule has 152 valence electrons. The van der Waals surface area contributed by atoms with Crippen molar-refractivity contribution in [2.24, 2.45) is 0 Å². The quantitative estimate of drug-likeness (QED) is 0.595. The van der Waals surface area contributed by atoms with Gasteiger partial charge in [0.1, 0.15) is 0 Å². The molecule has 7 heteroatoms. The fourth-order valence-electron chi connectivity index (χ4n) is 3.72. The standard InChI is InChI=1S/C23H22N4O2S/c24-10-4-11-27-17-18(19-5-1-2-6-20(19)27)8-9-22(28)25-12-14-26(15-13-25)23(29)21-7-3-16-30-21/h1-3,5-9,16-17H,4,11-15H2/b9-8+. The van der Waals surface area contributed by atoms with Crippen molar-refractivity contribution in [3.8, 4) is 6.07 Å². The fourth-order valence-corrected chi connectivity index (χ4v) is 4.41. The van der Waals surface area contributed by atoms with Gasteiger partial charge in [-0.15, -0.1) is 11.3 Å². The molecule has 3 heterocycles. The molecule has 2 amide bonds. The average molecular weight is 419 g/mol. The van der Waals surface area contributed by atoms with E-state index in [2.05, 4.69) is 10.6 Å². The summed E-state index contributed by atoms with van der Waals surface area (Å²) in [6, 6.07) is 13.9. The van der Waals surface area contributed by atoms with Crippen LogP contribution in [0.5, 0.6) is 0 Å². The van der Waals surface area contributed by atoms with Crippen molar-refractivity contribution in [3.05, 3.63) is 64.5 Å². The van der Waals surface area contributed by atoms with E-state index in [4.69, 9.17) is 5.26 Å². The molecule has 4 rings (SSSR count). The SMILES string of the molecule is N#CCCn1cc(/C=C/C(=O)N2CCN(C(=O)c3cccs3)CC2)c2ccccc21. The third-order valence-corrected chi connectivity index (χ3v) is 6.16. The molecule has 1 fully saturated rings. The van der Waals surface area contributed by atoms with Crippen LogP contribution in [0.15, 0.2) is 54.1 Å². The lowest BCUT2D eigenvalue weighted by molar-refractivity contribution is -0.127. The Kier molecular flexibility index (Phi) is 5.96. The van der Waals surface area contributed by atoms with Crippen molar-refractivity contribution in [1.29, 1.82) is 5.26 Å². The number of piperazine rings is 1. The highest BCUT2D eigenvalue weighted by Gasteiger charge is 2.24. The number of thiophene rings is 1. The molecule has 2 aromatic heterocycles. The van der Waals surface area contributed by atoms with Gasteiger partial charge in [0, 0.05) is 61.5 Å². The summed E-state index contributed by atoms with van der Waals surface area (Å²) in [7, 11) is 0. The monoisotopic (exact) mass is 418 g/mol. The molecule has 1 aliphatic heterocycles. The Hall–Kier alpha value is -3.37. The van der Waals surface area contributed by atoms with Crippen LogP contribution in [0, 0.1) is 11.3 Å². The van der Waals surface area contributed by atoms with Crippen LogP contribution in [0.25, 0.3) is 17.0 Å². The maximum Gasteiger partial charge on any atom is 0.264 e. The summed E-state index contributed by atoms with van der Waals surface area (Å²) in [6.07, 6.45) is 5.88. The zero-order chi connectivity index (χ0) is 20.9. The molecule has 0 atom stereocenters. The Morgan fingerprint density at radius 1 is 1.07 bits per heavy atom. The lowest BCUT2D eigenvalue weighted by Crippen LogP contribution is -2.50. The largest absolute Gasteiger partial charge is 0.346 e. The number of aromatic nitrogens is 1. The van der Waals surface area contributed by atoms with E-state index in [-0.39, 0.29) is 11.8 Å². The van der Waals surface area contributed by atoms with Crippen LogP contribution in [0.1, 0.15) is 21.7 Å². The first-order valence-electron chi connectivity index (χ1n) is 9.92. The van der Waals surface area contributed by atoms with Gasteiger partial charge in [0.2, 0.25) is 5.91 Å². The number of nitriles is 1. The number of hydrogen-bond acceptors (Lipinski definition) is 4. The molecule has 1 aromatic carbocycles. The van der Waals surface area contributed by atoms with Crippen LogP contribution in [-0.4, -0.2) is 52.4 Å². The molecule has 0 aliphatic carbocycles. The lowest BCUT2D eigenvalue weighted by atomic mass is 10.1. The number of carbonyl (C=O) groups excluding carboxylic acids is 2. The Labute approximate surface area is 179 Å². The van der Waals surface area contributed by atoms with Crippen LogP contribution in [0.2, 0.25) is 0 Å². The predicted molar refractivity (Wildman–Crippen MR) is 118 cm³/mol. The number of fused-ring (bicyclic) bond motifs is 1. The van der Waals surface area contributed by atoms with Gasteiger partial charge in [-0.2, -0.15) is 5.26 Å². The van der Waals surface area contributed by atoms with Gasteiger partial charge in [0.15, 0.2) is 0 Å². The third-order valence-electron chi connectivity index (χ3n) is 5.30. The molecule has 1 aliphatic rings. The Balaban J connectivity index is 1.41. The number of nitrogens with zero attached hydrogens (tertiary/aromatic N) is 4. The first-order valence-corrected chi connectivity index (χ1v) is 10.8. The maximum atomic E-state index is 12.7. The van der Waals surface area contributed by atoms with E-state index in [0.717, 1.165) is 21.3 Å². The molecule has 0 saturated carbocycles. The second-order valence-electron chi connectivity index (χ2n) is 7.13. The van der Waals surface area contributed by atoms with E-state index in [0.29, 0.717) is 39.1 Å². The summed E-state index contributed by atoms with van der Waals surface area (Å²) in [5.74, 6) is -0.00935. The van der Waals surface area contributed by atoms with Crippen molar-refractivity contribution in [2.75, 3.05) is 26.2 Å². The highest BCUT2D eigenvalue weighted by atomic mass is 32.1. The van der Waals surface area contributed by atoms with E-state index in [1.165, 1.54) is 11.3 Å². The third kappa shape index (κ3) is 4.14. The van der Waals surface area contributed by atoms with E-state index >= 15 is 0 Å². The Morgan fingerprint density at radius 3 is 2.57 bits per heavy atom. The smallest absolute Gasteiger partial charge is 0.264 e. The Bertz CT molecular complexity index is 1120. The summed E-state index contributed by atoms with van der Waals surface area (Å²) < 4.78 is 2.05. The van der Waals surface area contributed by atoms with E-state index in [1.54, 1.807) is 11.0 Å². The van der Waals surface area contributed by atoms with Crippen LogP contribution in [0.3, 0.4) is 0 Å². The van der Waals surface area contributed by atoms with Gasteiger partial charge in [-0.1, -0.05) is 24.3 Å². The van der Waals surface area contributed by atoms with E-state index < -0.39 is 0 Å². The van der Waals surface area contributed by atoms with Gasteiger partial charge in [-0.05, 0) is 23.6 Å². The van der Waals surface area contributed by atoms with Gasteiger partial charge >= 0.3 is 0 Å². The van der Waals surface area contributed by atoms with E-state index in [9.17, 15) is 9.59 Å². The molecule has 3 aromatic rings. The number of para-hydroxylation sites is 1. The average Bonchev–Trinajstić information content (AvgIpc) is 3.44. The van der Waals surface area contributed by atoms with Gasteiger partial charge in [-0.25, -0.2) is 0 Å². The van der Waals surface area contributed by atoms with Gasteiger partial charge in [0.25, 0.3) is 5.91 Å².